The molecule has 104 valence electrons. The zero-order valence-electron chi connectivity index (χ0n) is 10.3. The number of hydrogen-bond acceptors (Lipinski definition) is 5. The summed E-state index contributed by atoms with van der Waals surface area (Å²) >= 11 is 11.9. The minimum atomic E-state index is -3.45. The molecule has 1 aliphatic rings. The number of sulfone groups is 1. The second kappa shape index (κ2) is 4.58. The Morgan fingerprint density at radius 1 is 1.25 bits per heavy atom. The van der Waals surface area contributed by atoms with Crippen molar-refractivity contribution in [1.29, 1.82) is 0 Å². The topological polar surface area (TPSA) is 63.2 Å². The first-order chi connectivity index (χ1) is 9.43. The fraction of sp³-hybridized carbons (Fsp3) is 0.167. The van der Waals surface area contributed by atoms with Gasteiger partial charge in [-0.3, -0.25) is 0 Å². The van der Waals surface area contributed by atoms with Crippen molar-refractivity contribution in [3.8, 4) is 0 Å². The van der Waals surface area contributed by atoms with Crippen LogP contribution in [0.3, 0.4) is 0 Å². The van der Waals surface area contributed by atoms with E-state index in [0.29, 0.717) is 5.69 Å². The average molecular weight is 330 g/mol. The Kier molecular flexibility index (Phi) is 3.12. The fourth-order valence-corrected chi connectivity index (χ4v) is 4.10. The maximum atomic E-state index is 12.4. The molecule has 0 bridgehead atoms. The summed E-state index contributed by atoms with van der Waals surface area (Å²) < 4.78 is 24.8. The molecule has 0 saturated carbocycles. The van der Waals surface area contributed by atoms with Gasteiger partial charge in [0.25, 0.3) is 0 Å². The minimum absolute atomic E-state index is 0.0124. The van der Waals surface area contributed by atoms with Gasteiger partial charge in [-0.1, -0.05) is 23.7 Å². The van der Waals surface area contributed by atoms with E-state index in [1.165, 1.54) is 6.20 Å². The van der Waals surface area contributed by atoms with E-state index in [1.807, 2.05) is 0 Å². The van der Waals surface area contributed by atoms with E-state index in [1.54, 1.807) is 36.1 Å². The third kappa shape index (κ3) is 1.87. The zero-order chi connectivity index (χ0) is 14.5. The molecule has 0 fully saturated rings. The van der Waals surface area contributed by atoms with Gasteiger partial charge in [-0.05, 0) is 30.7 Å². The highest BCUT2D eigenvalue weighted by Crippen LogP contribution is 2.44. The summed E-state index contributed by atoms with van der Waals surface area (Å²) in [6.45, 7) is 1.58. The van der Waals surface area contributed by atoms with E-state index in [-0.39, 0.29) is 21.0 Å². The molecule has 1 aliphatic heterocycles. The Labute approximate surface area is 126 Å². The quantitative estimate of drug-likeness (QED) is 0.752. The van der Waals surface area contributed by atoms with Crippen LogP contribution in [0.15, 0.2) is 35.4 Å². The molecule has 1 unspecified atom stereocenters. The summed E-state index contributed by atoms with van der Waals surface area (Å²) in [7, 11) is -3.45. The lowest BCUT2D eigenvalue weighted by Crippen LogP contribution is -2.29. The lowest BCUT2D eigenvalue weighted by atomic mass is 10.3. The number of benzene rings is 1. The lowest BCUT2D eigenvalue weighted by molar-refractivity contribution is 0.590. The Bertz CT molecular complexity index is 795. The normalized spacial score (nSPS) is 19.9. The first-order valence-electron chi connectivity index (χ1n) is 5.73. The molecule has 0 saturated heterocycles. The Morgan fingerprint density at radius 2 is 1.95 bits per heavy atom. The van der Waals surface area contributed by atoms with Crippen LogP contribution in [0.5, 0.6) is 0 Å². The van der Waals surface area contributed by atoms with Crippen LogP contribution in [0.25, 0.3) is 0 Å². The van der Waals surface area contributed by atoms with E-state index < -0.39 is 15.2 Å². The van der Waals surface area contributed by atoms with E-state index in [4.69, 9.17) is 23.2 Å². The minimum Gasteiger partial charge on any atom is -0.306 e. The van der Waals surface area contributed by atoms with E-state index >= 15 is 0 Å². The van der Waals surface area contributed by atoms with Gasteiger partial charge in [-0.2, -0.15) is 4.98 Å². The molecule has 5 nitrogen and oxygen atoms in total. The Balaban J connectivity index is 2.28. The van der Waals surface area contributed by atoms with Crippen molar-refractivity contribution in [3.05, 3.63) is 40.8 Å². The molecule has 2 heterocycles. The SMILES string of the molecule is CC1N(c2nc(Cl)ncc2Cl)c2ccccc2S1(=O)=O. The van der Waals surface area contributed by atoms with Crippen molar-refractivity contribution in [2.75, 3.05) is 4.90 Å². The van der Waals surface area contributed by atoms with Crippen LogP contribution in [0.2, 0.25) is 10.3 Å². The van der Waals surface area contributed by atoms with Gasteiger partial charge < -0.3 is 4.90 Å². The first kappa shape index (κ1) is 13.6. The van der Waals surface area contributed by atoms with Crippen LogP contribution in [0, 0.1) is 0 Å². The molecule has 2 aromatic rings. The van der Waals surface area contributed by atoms with Gasteiger partial charge in [-0.15, -0.1) is 0 Å². The molecule has 20 heavy (non-hydrogen) atoms. The summed E-state index contributed by atoms with van der Waals surface area (Å²) in [5.41, 5.74) is 0.539. The van der Waals surface area contributed by atoms with E-state index in [2.05, 4.69) is 9.97 Å². The summed E-state index contributed by atoms with van der Waals surface area (Å²) in [5, 5.41) is -0.546. The predicted octanol–water partition coefficient (Wildman–Crippen LogP) is 3.05. The third-order valence-electron chi connectivity index (χ3n) is 3.17. The maximum absolute atomic E-state index is 12.4. The molecule has 1 atom stereocenters. The molecule has 0 spiro atoms. The van der Waals surface area contributed by atoms with Crippen LogP contribution >= 0.6 is 23.2 Å². The van der Waals surface area contributed by atoms with Crippen LogP contribution < -0.4 is 4.90 Å². The van der Waals surface area contributed by atoms with Crippen molar-refractivity contribution in [1.82, 2.24) is 9.97 Å². The summed E-state index contributed by atoms with van der Waals surface area (Å²) in [5.74, 6) is 0.285. The van der Waals surface area contributed by atoms with Crippen LogP contribution in [-0.4, -0.2) is 23.8 Å². The third-order valence-corrected chi connectivity index (χ3v) is 5.68. The van der Waals surface area contributed by atoms with Crippen LogP contribution in [0.4, 0.5) is 11.5 Å². The molecule has 0 aliphatic carbocycles. The highest BCUT2D eigenvalue weighted by atomic mass is 35.5. The van der Waals surface area contributed by atoms with Gasteiger partial charge in [0, 0.05) is 0 Å². The van der Waals surface area contributed by atoms with Crippen molar-refractivity contribution >= 4 is 44.5 Å². The molecule has 0 radical (unpaired) electrons. The summed E-state index contributed by atoms with van der Waals surface area (Å²) in [4.78, 5) is 9.65. The highest BCUT2D eigenvalue weighted by molar-refractivity contribution is 7.92. The second-order valence-electron chi connectivity index (χ2n) is 4.29. The summed E-state index contributed by atoms with van der Waals surface area (Å²) in [6.07, 6.45) is 1.35. The number of fused-ring (bicyclic) bond motifs is 1. The zero-order valence-corrected chi connectivity index (χ0v) is 12.6. The van der Waals surface area contributed by atoms with Gasteiger partial charge in [-0.25, -0.2) is 13.4 Å². The second-order valence-corrected chi connectivity index (χ2v) is 7.25. The Hall–Kier alpha value is -1.37. The van der Waals surface area contributed by atoms with E-state index in [0.717, 1.165) is 0 Å². The molecule has 8 heteroatoms. The number of anilines is 2. The number of rotatable bonds is 1. The van der Waals surface area contributed by atoms with Gasteiger partial charge in [0.15, 0.2) is 5.82 Å². The largest absolute Gasteiger partial charge is 0.306 e. The average Bonchev–Trinajstić information content (AvgIpc) is 2.62. The van der Waals surface area contributed by atoms with Gasteiger partial charge >= 0.3 is 0 Å². The predicted molar refractivity (Wildman–Crippen MR) is 77.3 cm³/mol. The van der Waals surface area contributed by atoms with Gasteiger partial charge in [0.05, 0.1) is 16.8 Å². The van der Waals surface area contributed by atoms with Crippen molar-refractivity contribution in [2.24, 2.45) is 0 Å². The molecular weight excluding hydrogens is 321 g/mol. The number of para-hydroxylation sites is 1. The number of nitrogens with zero attached hydrogens (tertiary/aromatic N) is 3. The molecular formula is C12H9Cl2N3O2S. The highest BCUT2D eigenvalue weighted by Gasteiger charge is 2.41. The molecule has 1 aromatic carbocycles. The van der Waals surface area contributed by atoms with Crippen molar-refractivity contribution < 1.29 is 8.42 Å². The Morgan fingerprint density at radius 3 is 2.70 bits per heavy atom. The monoisotopic (exact) mass is 329 g/mol. The molecule has 0 N–H and O–H groups in total. The number of aromatic nitrogens is 2. The molecule has 0 amide bonds. The van der Waals surface area contributed by atoms with Gasteiger partial charge in [0.2, 0.25) is 15.1 Å². The van der Waals surface area contributed by atoms with Crippen molar-refractivity contribution in [3.63, 3.8) is 0 Å². The lowest BCUT2D eigenvalue weighted by Gasteiger charge is -2.22. The number of hydrogen-bond donors (Lipinski definition) is 0. The molecule has 1 aromatic heterocycles. The van der Waals surface area contributed by atoms with Crippen LogP contribution in [-0.2, 0) is 9.84 Å². The standard InChI is InChI=1S/C12H9Cl2N3O2S/c1-7-17(11-8(13)6-15-12(14)16-11)9-4-2-3-5-10(9)20(7,18)19/h2-7H,1H3. The van der Waals surface area contributed by atoms with E-state index in [9.17, 15) is 8.42 Å². The first-order valence-corrected chi connectivity index (χ1v) is 8.03. The van der Waals surface area contributed by atoms with Crippen LogP contribution in [0.1, 0.15) is 6.92 Å². The maximum Gasteiger partial charge on any atom is 0.224 e. The number of halogens is 2. The van der Waals surface area contributed by atoms with Gasteiger partial charge in [0.1, 0.15) is 10.4 Å². The molecule has 3 rings (SSSR count). The smallest absolute Gasteiger partial charge is 0.224 e. The summed E-state index contributed by atoms with van der Waals surface area (Å²) in [6, 6.07) is 6.72. The van der Waals surface area contributed by atoms with Crippen molar-refractivity contribution in [2.45, 2.75) is 17.2 Å². The fourth-order valence-electron chi connectivity index (χ4n) is 2.21.